The molecule has 0 spiro atoms. The molecular formula is C11H20ClNO. The summed E-state index contributed by atoms with van der Waals surface area (Å²) in [5.74, 6) is 1.08. The topological polar surface area (TPSA) is 29.1 Å². The predicted octanol–water partition coefficient (Wildman–Crippen LogP) is 2.17. The zero-order chi connectivity index (χ0) is 9.69. The molecule has 2 atom stereocenters. The van der Waals surface area contributed by atoms with Crippen molar-refractivity contribution in [1.29, 1.82) is 0 Å². The van der Waals surface area contributed by atoms with Crippen LogP contribution in [0.5, 0.6) is 0 Å². The van der Waals surface area contributed by atoms with Gasteiger partial charge in [0.05, 0.1) is 5.54 Å². The van der Waals surface area contributed by atoms with E-state index in [1.807, 2.05) is 0 Å². The number of rotatable bonds is 2. The SMILES string of the molecule is CCNC12CCC(C1)C(C)(C)C2=O.Cl. The van der Waals surface area contributed by atoms with Crippen LogP contribution in [0.25, 0.3) is 0 Å². The Labute approximate surface area is 92.2 Å². The molecule has 2 unspecified atom stereocenters. The van der Waals surface area contributed by atoms with Gasteiger partial charge >= 0.3 is 0 Å². The second kappa shape index (κ2) is 3.49. The number of carbonyl (C=O) groups is 1. The molecule has 2 rings (SSSR count). The van der Waals surface area contributed by atoms with Crippen LogP contribution in [0.3, 0.4) is 0 Å². The second-order valence-electron chi connectivity index (χ2n) is 5.10. The molecule has 2 aliphatic rings. The van der Waals surface area contributed by atoms with Gasteiger partial charge < -0.3 is 5.32 Å². The monoisotopic (exact) mass is 217 g/mol. The number of hydrogen-bond acceptors (Lipinski definition) is 2. The third-order valence-electron chi connectivity index (χ3n) is 4.07. The number of halogens is 1. The summed E-state index contributed by atoms with van der Waals surface area (Å²) in [6.07, 6.45) is 3.37. The van der Waals surface area contributed by atoms with Crippen molar-refractivity contribution in [3.63, 3.8) is 0 Å². The van der Waals surface area contributed by atoms with E-state index < -0.39 is 0 Å². The number of likely N-dealkylation sites (N-methyl/N-ethyl adjacent to an activating group) is 1. The molecule has 0 amide bonds. The van der Waals surface area contributed by atoms with Crippen LogP contribution in [0.4, 0.5) is 0 Å². The molecule has 1 N–H and O–H groups in total. The van der Waals surface area contributed by atoms with Gasteiger partial charge in [-0.15, -0.1) is 12.4 Å². The summed E-state index contributed by atoms with van der Waals surface area (Å²) in [5.41, 5.74) is -0.205. The lowest BCUT2D eigenvalue weighted by Gasteiger charge is -2.33. The molecule has 0 aromatic heterocycles. The quantitative estimate of drug-likeness (QED) is 0.768. The third-order valence-corrected chi connectivity index (χ3v) is 4.07. The summed E-state index contributed by atoms with van der Waals surface area (Å²) < 4.78 is 0. The van der Waals surface area contributed by atoms with E-state index in [2.05, 4.69) is 26.1 Å². The Morgan fingerprint density at radius 2 is 2.14 bits per heavy atom. The fourth-order valence-corrected chi connectivity index (χ4v) is 3.25. The van der Waals surface area contributed by atoms with Crippen LogP contribution in [0.1, 0.15) is 40.0 Å². The first-order valence-electron chi connectivity index (χ1n) is 5.33. The average molecular weight is 218 g/mol. The molecule has 0 saturated heterocycles. The van der Waals surface area contributed by atoms with Crippen LogP contribution in [0, 0.1) is 11.3 Å². The molecule has 0 aliphatic heterocycles. The maximum Gasteiger partial charge on any atom is 0.158 e. The first-order chi connectivity index (χ1) is 6.03. The van der Waals surface area contributed by atoms with Crippen LogP contribution in [-0.2, 0) is 4.79 Å². The van der Waals surface area contributed by atoms with Crippen molar-refractivity contribution in [1.82, 2.24) is 5.32 Å². The van der Waals surface area contributed by atoms with Gasteiger partial charge in [0.25, 0.3) is 0 Å². The Morgan fingerprint density at radius 1 is 1.50 bits per heavy atom. The van der Waals surface area contributed by atoms with E-state index in [1.165, 1.54) is 6.42 Å². The highest BCUT2D eigenvalue weighted by molar-refractivity contribution is 5.96. The van der Waals surface area contributed by atoms with E-state index in [0.29, 0.717) is 11.7 Å². The Morgan fingerprint density at radius 3 is 2.57 bits per heavy atom. The molecule has 0 radical (unpaired) electrons. The minimum atomic E-state index is -0.136. The fourth-order valence-electron chi connectivity index (χ4n) is 3.25. The van der Waals surface area contributed by atoms with E-state index in [1.54, 1.807) is 0 Å². The molecule has 3 heteroatoms. The third kappa shape index (κ3) is 1.31. The van der Waals surface area contributed by atoms with Gasteiger partial charge in [0, 0.05) is 5.41 Å². The van der Waals surface area contributed by atoms with Crippen molar-refractivity contribution >= 4 is 18.2 Å². The summed E-state index contributed by atoms with van der Waals surface area (Å²) >= 11 is 0. The number of carbonyl (C=O) groups excluding carboxylic acids is 1. The summed E-state index contributed by atoms with van der Waals surface area (Å²) in [6, 6.07) is 0. The molecule has 2 bridgehead atoms. The number of hydrogen-bond donors (Lipinski definition) is 1. The van der Waals surface area contributed by atoms with Gasteiger partial charge in [0.15, 0.2) is 5.78 Å². The second-order valence-corrected chi connectivity index (χ2v) is 5.10. The van der Waals surface area contributed by atoms with E-state index in [4.69, 9.17) is 0 Å². The van der Waals surface area contributed by atoms with Crippen molar-refractivity contribution in [2.75, 3.05) is 6.54 Å². The molecule has 14 heavy (non-hydrogen) atoms. The number of fused-ring (bicyclic) bond motifs is 2. The summed E-state index contributed by atoms with van der Waals surface area (Å²) in [6.45, 7) is 7.21. The lowest BCUT2D eigenvalue weighted by atomic mass is 9.74. The van der Waals surface area contributed by atoms with Gasteiger partial charge in [-0.1, -0.05) is 20.8 Å². The molecule has 82 valence electrons. The predicted molar refractivity (Wildman–Crippen MR) is 59.8 cm³/mol. The van der Waals surface area contributed by atoms with Crippen molar-refractivity contribution in [3.8, 4) is 0 Å². The summed E-state index contributed by atoms with van der Waals surface area (Å²) in [7, 11) is 0. The lowest BCUT2D eigenvalue weighted by molar-refractivity contribution is -0.132. The van der Waals surface area contributed by atoms with E-state index in [-0.39, 0.29) is 23.4 Å². The number of nitrogens with one attached hydrogen (secondary N) is 1. The van der Waals surface area contributed by atoms with Gasteiger partial charge in [-0.2, -0.15) is 0 Å². The first-order valence-corrected chi connectivity index (χ1v) is 5.33. The van der Waals surface area contributed by atoms with Crippen molar-refractivity contribution in [2.45, 2.75) is 45.6 Å². The molecule has 2 fully saturated rings. The lowest BCUT2D eigenvalue weighted by Crippen LogP contribution is -2.51. The van der Waals surface area contributed by atoms with Crippen LogP contribution in [-0.4, -0.2) is 17.9 Å². The van der Waals surface area contributed by atoms with Crippen LogP contribution < -0.4 is 5.32 Å². The van der Waals surface area contributed by atoms with Gasteiger partial charge in [-0.25, -0.2) is 0 Å². The largest absolute Gasteiger partial charge is 0.305 e. The normalized spacial score (nSPS) is 38.5. The molecule has 2 aliphatic carbocycles. The van der Waals surface area contributed by atoms with E-state index in [0.717, 1.165) is 19.4 Å². The standard InChI is InChI=1S/C11H19NO.ClH/c1-4-12-11-6-5-8(7-11)10(2,3)9(11)13;/h8,12H,4-7H2,1-3H3;1H. The number of ketones is 1. The molecule has 0 aromatic carbocycles. The minimum absolute atomic E-state index is 0. The van der Waals surface area contributed by atoms with Crippen molar-refractivity contribution < 1.29 is 4.79 Å². The van der Waals surface area contributed by atoms with E-state index in [9.17, 15) is 4.79 Å². The minimum Gasteiger partial charge on any atom is -0.305 e. The number of Topliss-reactive ketones (excluding diaryl/α,β-unsaturated/α-hetero) is 1. The highest BCUT2D eigenvalue weighted by atomic mass is 35.5. The Kier molecular flexibility index (Phi) is 2.99. The zero-order valence-corrected chi connectivity index (χ0v) is 10.0. The molecular weight excluding hydrogens is 198 g/mol. The first kappa shape index (κ1) is 12.0. The zero-order valence-electron chi connectivity index (χ0n) is 9.22. The molecule has 0 aromatic rings. The summed E-state index contributed by atoms with van der Waals surface area (Å²) in [5, 5.41) is 3.41. The Bertz CT molecular complexity index is 252. The fraction of sp³-hybridized carbons (Fsp3) is 0.909. The van der Waals surface area contributed by atoms with Crippen molar-refractivity contribution in [3.05, 3.63) is 0 Å². The van der Waals surface area contributed by atoms with Crippen LogP contribution in [0.2, 0.25) is 0 Å². The maximum atomic E-state index is 12.1. The van der Waals surface area contributed by atoms with Gasteiger partial charge in [-0.3, -0.25) is 4.79 Å². The average Bonchev–Trinajstić information content (AvgIpc) is 2.55. The Balaban J connectivity index is 0.000000980. The van der Waals surface area contributed by atoms with Crippen LogP contribution in [0.15, 0.2) is 0 Å². The van der Waals surface area contributed by atoms with Gasteiger partial charge in [0.1, 0.15) is 0 Å². The molecule has 2 nitrogen and oxygen atoms in total. The van der Waals surface area contributed by atoms with E-state index >= 15 is 0 Å². The van der Waals surface area contributed by atoms with Gasteiger partial charge in [0.2, 0.25) is 0 Å². The van der Waals surface area contributed by atoms with Gasteiger partial charge in [-0.05, 0) is 31.7 Å². The maximum absolute atomic E-state index is 12.1. The smallest absolute Gasteiger partial charge is 0.158 e. The highest BCUT2D eigenvalue weighted by Gasteiger charge is 2.60. The summed E-state index contributed by atoms with van der Waals surface area (Å²) in [4.78, 5) is 12.1. The Hall–Kier alpha value is -0.0800. The highest BCUT2D eigenvalue weighted by Crippen LogP contribution is 2.55. The van der Waals surface area contributed by atoms with Crippen molar-refractivity contribution in [2.24, 2.45) is 11.3 Å². The molecule has 0 heterocycles. The van der Waals surface area contributed by atoms with Crippen LogP contribution >= 0.6 is 12.4 Å². The molecule has 2 saturated carbocycles.